The fourth-order valence-electron chi connectivity index (χ4n) is 3.82. The Morgan fingerprint density at radius 1 is 1.11 bits per heavy atom. The Hall–Kier alpha value is -2.58. The number of hydrogen-bond donors (Lipinski definition) is 0. The average molecular weight is 590 g/mol. The molecule has 35 heavy (non-hydrogen) atoms. The highest BCUT2D eigenvalue weighted by atomic mass is 79.9. The second-order valence-electron chi connectivity index (χ2n) is 8.08. The third kappa shape index (κ3) is 4.42. The molecule has 5 nitrogen and oxygen atoms in total. The number of rotatable bonds is 5. The summed E-state index contributed by atoms with van der Waals surface area (Å²) < 4.78 is 14.7. The summed E-state index contributed by atoms with van der Waals surface area (Å²) >= 11 is 17.2. The van der Waals surface area contributed by atoms with Crippen LogP contribution in [0.5, 0.6) is 11.5 Å². The van der Waals surface area contributed by atoms with Crippen molar-refractivity contribution in [2.75, 3.05) is 7.11 Å². The molecule has 0 bridgehead atoms. The Morgan fingerprint density at radius 3 is 2.66 bits per heavy atom. The first kappa shape index (κ1) is 24.1. The topological polar surface area (TPSA) is 52.8 Å². The third-order valence-corrected chi connectivity index (χ3v) is 8.39. The number of fused-ring (bicyclic) bond motifs is 3. The number of aromatic nitrogens is 2. The summed E-state index contributed by atoms with van der Waals surface area (Å²) in [5, 5.41) is 1.11. The van der Waals surface area contributed by atoms with Crippen molar-refractivity contribution < 1.29 is 9.47 Å². The van der Waals surface area contributed by atoms with Gasteiger partial charge in [0.05, 0.1) is 17.2 Å². The van der Waals surface area contributed by atoms with Crippen LogP contribution in [-0.2, 0) is 6.61 Å². The monoisotopic (exact) mass is 588 g/mol. The van der Waals surface area contributed by atoms with Gasteiger partial charge in [-0.05, 0) is 82.9 Å². The van der Waals surface area contributed by atoms with Crippen LogP contribution in [0.4, 0.5) is 0 Å². The molecule has 5 rings (SSSR count). The summed E-state index contributed by atoms with van der Waals surface area (Å²) in [7, 11) is 1.58. The minimum absolute atomic E-state index is 0.0978. The number of imidazole rings is 1. The van der Waals surface area contributed by atoms with Gasteiger partial charge in [-0.15, -0.1) is 0 Å². The first-order valence-electron chi connectivity index (χ1n) is 10.6. The number of benzene rings is 3. The minimum Gasteiger partial charge on any atom is -0.493 e. The number of thiazole rings is 1. The van der Waals surface area contributed by atoms with Crippen LogP contribution in [0, 0.1) is 13.8 Å². The predicted molar refractivity (Wildman–Crippen MR) is 147 cm³/mol. The number of nitrogens with zero attached hydrogens (tertiary/aromatic N) is 2. The Labute approximate surface area is 223 Å². The number of hydrogen-bond acceptors (Lipinski definition) is 5. The van der Waals surface area contributed by atoms with Gasteiger partial charge < -0.3 is 9.47 Å². The van der Waals surface area contributed by atoms with Crippen molar-refractivity contribution in [1.82, 2.24) is 9.38 Å². The van der Waals surface area contributed by atoms with Crippen molar-refractivity contribution in [1.29, 1.82) is 0 Å². The normalized spacial score (nSPS) is 12.1. The summed E-state index contributed by atoms with van der Waals surface area (Å²) in [4.78, 5) is 18.6. The first-order valence-corrected chi connectivity index (χ1v) is 13.0. The van der Waals surface area contributed by atoms with E-state index in [0.29, 0.717) is 31.0 Å². The Kier molecular flexibility index (Phi) is 6.53. The standard InChI is InChI=1S/C26H19BrCl2N2O3S/c1-13-8-19-24(23(27)14(13)2)30-26-31(19)25(32)22(35-26)10-15-4-7-20(21(9-15)33-3)34-12-16-5-6-17(28)11-18(16)29/h4-11H,12H2,1-3H3/b22-10+. The van der Waals surface area contributed by atoms with Crippen LogP contribution in [0.3, 0.4) is 0 Å². The van der Waals surface area contributed by atoms with Gasteiger partial charge in [-0.3, -0.25) is 4.79 Å². The second kappa shape index (κ2) is 9.47. The van der Waals surface area contributed by atoms with Gasteiger partial charge in [0.15, 0.2) is 16.5 Å². The highest BCUT2D eigenvalue weighted by molar-refractivity contribution is 9.10. The number of halogens is 3. The number of ether oxygens (including phenoxy) is 2. The maximum absolute atomic E-state index is 13.3. The van der Waals surface area contributed by atoms with E-state index in [1.54, 1.807) is 23.6 Å². The smallest absolute Gasteiger partial charge is 0.274 e. The van der Waals surface area contributed by atoms with E-state index < -0.39 is 0 Å². The summed E-state index contributed by atoms with van der Waals surface area (Å²) in [5.74, 6) is 1.12. The molecule has 0 N–H and O–H groups in total. The summed E-state index contributed by atoms with van der Waals surface area (Å²) in [6.45, 7) is 4.33. The maximum atomic E-state index is 13.3. The molecule has 0 aliphatic rings. The zero-order valence-corrected chi connectivity index (χ0v) is 22.9. The van der Waals surface area contributed by atoms with Gasteiger partial charge >= 0.3 is 0 Å². The van der Waals surface area contributed by atoms with Gasteiger partial charge in [-0.25, -0.2) is 9.38 Å². The fraction of sp³-hybridized carbons (Fsp3) is 0.154. The van der Waals surface area contributed by atoms with Gasteiger partial charge in [0.1, 0.15) is 12.1 Å². The molecule has 0 aliphatic heterocycles. The molecule has 0 saturated carbocycles. The lowest BCUT2D eigenvalue weighted by atomic mass is 10.1. The second-order valence-corrected chi connectivity index (χ2v) is 10.7. The Balaban J connectivity index is 1.50. The fourth-order valence-corrected chi connectivity index (χ4v) is 5.86. The molecule has 0 fully saturated rings. The molecule has 0 atom stereocenters. The van der Waals surface area contributed by atoms with Crippen molar-refractivity contribution in [3.8, 4) is 11.5 Å². The van der Waals surface area contributed by atoms with Crippen LogP contribution < -0.4 is 19.6 Å². The molecule has 9 heteroatoms. The zero-order valence-electron chi connectivity index (χ0n) is 19.0. The third-order valence-electron chi connectivity index (χ3n) is 5.86. The lowest BCUT2D eigenvalue weighted by Gasteiger charge is -2.12. The molecule has 0 radical (unpaired) electrons. The van der Waals surface area contributed by atoms with Gasteiger partial charge in [0.2, 0.25) is 0 Å². The molecule has 2 aromatic heterocycles. The van der Waals surface area contributed by atoms with Gasteiger partial charge in [0.25, 0.3) is 5.56 Å². The largest absolute Gasteiger partial charge is 0.493 e. The molecule has 2 heterocycles. The molecular weight excluding hydrogens is 571 g/mol. The Bertz CT molecular complexity index is 1730. The van der Waals surface area contributed by atoms with Gasteiger partial charge in [-0.2, -0.15) is 0 Å². The highest BCUT2D eigenvalue weighted by Gasteiger charge is 2.16. The molecule has 3 aromatic carbocycles. The van der Waals surface area contributed by atoms with E-state index in [4.69, 9.17) is 37.7 Å². The van der Waals surface area contributed by atoms with Crippen LogP contribution in [0.1, 0.15) is 22.3 Å². The maximum Gasteiger partial charge on any atom is 0.274 e. The quantitative estimate of drug-likeness (QED) is 0.228. The van der Waals surface area contributed by atoms with E-state index in [9.17, 15) is 4.79 Å². The van der Waals surface area contributed by atoms with Crippen LogP contribution in [0.25, 0.3) is 22.1 Å². The zero-order chi connectivity index (χ0) is 24.9. The minimum atomic E-state index is -0.0978. The van der Waals surface area contributed by atoms with Crippen molar-refractivity contribution >= 4 is 72.5 Å². The lowest BCUT2D eigenvalue weighted by molar-refractivity contribution is 0.284. The highest BCUT2D eigenvalue weighted by Crippen LogP contribution is 2.32. The summed E-state index contributed by atoms with van der Waals surface area (Å²) in [5.41, 5.74) is 5.36. The number of methoxy groups -OCH3 is 1. The molecule has 0 unspecified atom stereocenters. The van der Waals surface area contributed by atoms with Crippen molar-refractivity contribution in [2.45, 2.75) is 20.5 Å². The van der Waals surface area contributed by atoms with Gasteiger partial charge in [0, 0.05) is 20.1 Å². The molecule has 0 saturated heterocycles. The van der Waals surface area contributed by atoms with E-state index in [1.807, 2.05) is 50.3 Å². The predicted octanol–water partition coefficient (Wildman–Crippen LogP) is 6.73. The van der Waals surface area contributed by atoms with Crippen LogP contribution in [0.15, 0.2) is 51.7 Å². The van der Waals surface area contributed by atoms with Crippen molar-refractivity contribution in [3.05, 3.63) is 94.1 Å². The molecular formula is C26H19BrCl2N2O3S. The molecule has 0 spiro atoms. The molecule has 178 valence electrons. The van der Waals surface area contributed by atoms with E-state index in [1.165, 1.54) is 11.3 Å². The molecule has 5 aromatic rings. The van der Waals surface area contributed by atoms with E-state index >= 15 is 0 Å². The SMILES string of the molecule is COc1cc(/C=c2/sc3nc4c(Br)c(C)c(C)cc4n3c2=O)ccc1OCc1ccc(Cl)cc1Cl. The molecule has 0 amide bonds. The number of aryl methyl sites for hydroxylation is 1. The van der Waals surface area contributed by atoms with Crippen LogP contribution >= 0.6 is 50.5 Å². The van der Waals surface area contributed by atoms with E-state index in [2.05, 4.69) is 15.9 Å². The lowest BCUT2D eigenvalue weighted by Crippen LogP contribution is -2.22. The van der Waals surface area contributed by atoms with E-state index in [-0.39, 0.29) is 12.2 Å². The van der Waals surface area contributed by atoms with Crippen LogP contribution in [-0.4, -0.2) is 16.5 Å². The van der Waals surface area contributed by atoms with Gasteiger partial charge in [-0.1, -0.05) is 46.7 Å². The van der Waals surface area contributed by atoms with Crippen molar-refractivity contribution in [2.24, 2.45) is 0 Å². The summed E-state index contributed by atoms with van der Waals surface area (Å²) in [6.07, 6.45) is 1.84. The van der Waals surface area contributed by atoms with Crippen molar-refractivity contribution in [3.63, 3.8) is 0 Å². The molecule has 0 aliphatic carbocycles. The Morgan fingerprint density at radius 2 is 1.91 bits per heavy atom. The van der Waals surface area contributed by atoms with Crippen LogP contribution in [0.2, 0.25) is 10.0 Å². The summed E-state index contributed by atoms with van der Waals surface area (Å²) in [6, 6.07) is 12.8. The first-order chi connectivity index (χ1) is 16.8. The van der Waals surface area contributed by atoms with E-state index in [0.717, 1.165) is 37.8 Å². The average Bonchev–Trinajstić information content (AvgIpc) is 3.34.